The summed E-state index contributed by atoms with van der Waals surface area (Å²) in [5.74, 6) is 0.841. The second-order valence-electron chi connectivity index (χ2n) is 13.5. The van der Waals surface area contributed by atoms with Crippen molar-refractivity contribution in [3.8, 4) is 23.0 Å². The molecule has 0 aliphatic heterocycles. The normalized spacial score (nSPS) is 11.8. The first-order valence-corrected chi connectivity index (χ1v) is 16.8. The van der Waals surface area contributed by atoms with Gasteiger partial charge in [0.15, 0.2) is 0 Å². The minimum Gasteiger partial charge on any atom is -0.457 e. The molecule has 0 amide bonds. The summed E-state index contributed by atoms with van der Waals surface area (Å²) in [6.07, 6.45) is -11.5. The van der Waals surface area contributed by atoms with Crippen molar-refractivity contribution in [2.24, 2.45) is 0 Å². The first kappa shape index (κ1) is 40.4. The second-order valence-corrected chi connectivity index (χ2v) is 13.5. The van der Waals surface area contributed by atoms with Crippen molar-refractivity contribution in [3.63, 3.8) is 0 Å². The average Bonchev–Trinajstić information content (AvgIpc) is 3.04. The van der Waals surface area contributed by atoms with Crippen LogP contribution in [0.4, 0.5) is 37.7 Å². The lowest BCUT2D eigenvalue weighted by atomic mass is 9.73. The number of ether oxygens (including phenoxy) is 2. The number of halogens is 6. The van der Waals surface area contributed by atoms with E-state index in [1.807, 2.05) is 27.7 Å². The molecule has 10 heteroatoms. The molecule has 4 aromatic rings. The summed E-state index contributed by atoms with van der Waals surface area (Å²) in [5, 5.41) is 0. The lowest BCUT2D eigenvalue weighted by Crippen LogP contribution is -2.54. The summed E-state index contributed by atoms with van der Waals surface area (Å²) in [7, 11) is 0. The summed E-state index contributed by atoms with van der Waals surface area (Å²) >= 11 is 0. The van der Waals surface area contributed by atoms with Gasteiger partial charge in [0.1, 0.15) is 23.0 Å². The van der Waals surface area contributed by atoms with Gasteiger partial charge in [-0.1, -0.05) is 72.9 Å². The molecule has 53 heavy (non-hydrogen) atoms. The summed E-state index contributed by atoms with van der Waals surface area (Å²) < 4.78 is 101. The van der Waals surface area contributed by atoms with E-state index >= 15 is 0 Å². The van der Waals surface area contributed by atoms with Crippen molar-refractivity contribution >= 4 is 11.4 Å². The van der Waals surface area contributed by atoms with Gasteiger partial charge in [-0.2, -0.15) is 26.3 Å². The highest BCUT2D eigenvalue weighted by Gasteiger charge is 2.72. The number of hydrogen-bond donors (Lipinski definition) is 0. The molecule has 4 aromatic carbocycles. The van der Waals surface area contributed by atoms with E-state index < -0.39 is 28.9 Å². The Kier molecular flexibility index (Phi) is 12.6. The highest BCUT2D eigenvalue weighted by molar-refractivity contribution is 5.54. The molecule has 0 spiro atoms. The molecule has 0 radical (unpaired) electrons. The molecule has 0 aliphatic carbocycles. The van der Waals surface area contributed by atoms with Gasteiger partial charge in [0.2, 0.25) is 5.41 Å². The van der Waals surface area contributed by atoms with Gasteiger partial charge >= 0.3 is 12.4 Å². The van der Waals surface area contributed by atoms with Crippen LogP contribution in [-0.4, -0.2) is 38.5 Å². The van der Waals surface area contributed by atoms with Crippen LogP contribution in [0.1, 0.15) is 38.8 Å². The van der Waals surface area contributed by atoms with Crippen LogP contribution in [0.5, 0.6) is 23.0 Å². The van der Waals surface area contributed by atoms with Gasteiger partial charge in [-0.05, 0) is 112 Å². The van der Waals surface area contributed by atoms with E-state index in [1.165, 1.54) is 0 Å². The molecule has 0 heterocycles. The third-order valence-corrected chi connectivity index (χ3v) is 8.14. The Morgan fingerprint density at radius 1 is 0.434 bits per heavy atom. The van der Waals surface area contributed by atoms with Gasteiger partial charge in [0.25, 0.3) is 0 Å². The Hall–Kier alpha value is -5.38. The maximum atomic E-state index is 14.8. The summed E-state index contributed by atoms with van der Waals surface area (Å²) in [4.78, 5) is 4.14. The van der Waals surface area contributed by atoms with Crippen LogP contribution in [0, 0.1) is 0 Å². The van der Waals surface area contributed by atoms with Crippen molar-refractivity contribution in [1.82, 2.24) is 0 Å². The molecular formula is C43H44F6N2O2. The van der Waals surface area contributed by atoms with Crippen molar-refractivity contribution in [3.05, 3.63) is 157 Å². The molecule has 0 aromatic heterocycles. The molecule has 280 valence electrons. The highest BCUT2D eigenvalue weighted by atomic mass is 19.4. The van der Waals surface area contributed by atoms with Crippen LogP contribution in [-0.2, 0) is 5.41 Å². The van der Waals surface area contributed by atoms with Crippen molar-refractivity contribution in [1.29, 1.82) is 0 Å². The molecule has 0 unspecified atom stereocenters. The molecular weight excluding hydrogens is 690 g/mol. The van der Waals surface area contributed by atoms with E-state index in [4.69, 9.17) is 9.47 Å². The van der Waals surface area contributed by atoms with Gasteiger partial charge in [-0.15, -0.1) is 0 Å². The van der Waals surface area contributed by atoms with E-state index in [2.05, 4.69) is 36.1 Å². The maximum Gasteiger partial charge on any atom is 0.411 e. The zero-order chi connectivity index (χ0) is 39.1. The maximum absolute atomic E-state index is 14.8. The Morgan fingerprint density at radius 2 is 0.660 bits per heavy atom. The monoisotopic (exact) mass is 734 g/mol. The Balaban J connectivity index is 1.58. The predicted molar refractivity (Wildman–Crippen MR) is 202 cm³/mol. The van der Waals surface area contributed by atoms with E-state index in [0.29, 0.717) is 37.7 Å². The van der Waals surface area contributed by atoms with Gasteiger partial charge in [0.05, 0.1) is 0 Å². The SMILES string of the molecule is C=C(C)CN(CC(=C)C)c1ccc(Oc2ccc(C(c3ccc(Oc4ccc(N(CC(=C)C)CC(=C)C)cc4)cc3)(C(F)(F)F)C(F)(F)F)cc2)cc1. The van der Waals surface area contributed by atoms with Gasteiger partial charge in [-0.25, -0.2) is 0 Å². The largest absolute Gasteiger partial charge is 0.457 e. The van der Waals surface area contributed by atoms with Crippen LogP contribution in [0.15, 0.2) is 146 Å². The zero-order valence-electron chi connectivity index (χ0n) is 30.4. The minimum atomic E-state index is -5.75. The van der Waals surface area contributed by atoms with E-state index in [-0.39, 0.29) is 11.5 Å². The molecule has 0 atom stereocenters. The molecule has 0 fully saturated rings. The fourth-order valence-electron chi connectivity index (χ4n) is 6.03. The number of anilines is 2. The summed E-state index contributed by atoms with van der Waals surface area (Å²) in [6.45, 7) is 25.9. The Bertz CT molecular complexity index is 1720. The van der Waals surface area contributed by atoms with Gasteiger partial charge in [-0.3, -0.25) is 0 Å². The van der Waals surface area contributed by atoms with Crippen LogP contribution < -0.4 is 19.3 Å². The topological polar surface area (TPSA) is 24.9 Å². The minimum absolute atomic E-state index is 0.0672. The number of hydrogen-bond acceptors (Lipinski definition) is 4. The molecule has 4 rings (SSSR count). The van der Waals surface area contributed by atoms with E-state index in [1.54, 1.807) is 48.5 Å². The Morgan fingerprint density at radius 3 is 0.868 bits per heavy atom. The van der Waals surface area contributed by atoms with Crippen molar-refractivity contribution < 1.29 is 35.8 Å². The lowest BCUT2D eigenvalue weighted by Gasteiger charge is -2.38. The van der Waals surface area contributed by atoms with Crippen LogP contribution in [0.25, 0.3) is 0 Å². The third kappa shape index (κ3) is 9.94. The second kappa shape index (κ2) is 16.5. The number of rotatable bonds is 16. The predicted octanol–water partition coefficient (Wildman–Crippen LogP) is 12.6. The first-order valence-electron chi connectivity index (χ1n) is 16.8. The molecule has 0 saturated carbocycles. The van der Waals surface area contributed by atoms with E-state index in [9.17, 15) is 26.3 Å². The third-order valence-electron chi connectivity index (χ3n) is 8.14. The highest BCUT2D eigenvalue weighted by Crippen LogP contribution is 2.56. The Labute approximate surface area is 308 Å². The fraction of sp³-hybridized carbons (Fsp3) is 0.256. The summed E-state index contributed by atoms with van der Waals surface area (Å²) in [5.41, 5.74) is -0.797. The molecule has 4 nitrogen and oxygen atoms in total. The van der Waals surface area contributed by atoms with Crippen LogP contribution >= 0.6 is 0 Å². The quantitative estimate of drug-likeness (QED) is 0.0845. The first-order chi connectivity index (χ1) is 24.8. The van der Waals surface area contributed by atoms with Gasteiger partial charge in [0, 0.05) is 37.6 Å². The van der Waals surface area contributed by atoms with E-state index in [0.717, 1.165) is 82.2 Å². The molecule has 0 aliphatic rings. The smallest absolute Gasteiger partial charge is 0.411 e. The average molecular weight is 735 g/mol. The fourth-order valence-corrected chi connectivity index (χ4v) is 6.03. The van der Waals surface area contributed by atoms with Crippen molar-refractivity contribution in [2.45, 2.75) is 45.5 Å². The summed E-state index contributed by atoms with van der Waals surface area (Å²) in [6, 6.07) is 21.5. The van der Waals surface area contributed by atoms with Gasteiger partial charge < -0.3 is 19.3 Å². The number of benzene rings is 4. The molecule has 0 bridgehead atoms. The molecule has 0 saturated heterocycles. The number of nitrogens with zero attached hydrogens (tertiary/aromatic N) is 2. The van der Waals surface area contributed by atoms with Crippen molar-refractivity contribution in [2.75, 3.05) is 36.0 Å². The van der Waals surface area contributed by atoms with Crippen LogP contribution in [0.3, 0.4) is 0 Å². The molecule has 0 N–H and O–H groups in total. The number of alkyl halides is 6. The standard InChI is InChI=1S/C43H44F6N2O2/c1-29(2)25-50(26-30(3)4)35-13-21-39(22-14-35)52-37-17-9-33(10-18-37)41(42(44,45)46,43(47,48)49)34-11-19-38(20-12-34)53-40-23-15-36(16-24-40)51(27-31(5)6)28-32(7)8/h9-24H,1,3,5,7,25-28H2,2,4,6,8H3. The van der Waals surface area contributed by atoms with Crippen LogP contribution in [0.2, 0.25) is 0 Å². The lowest BCUT2D eigenvalue weighted by molar-refractivity contribution is -0.288. The zero-order valence-corrected chi connectivity index (χ0v) is 30.4.